The van der Waals surface area contributed by atoms with Crippen molar-refractivity contribution in [2.75, 3.05) is 51.7 Å². The minimum Gasteiger partial charge on any atom is -0.370 e. The van der Waals surface area contributed by atoms with Crippen LogP contribution >= 0.6 is 11.8 Å². The van der Waals surface area contributed by atoms with Crippen molar-refractivity contribution in [2.45, 2.75) is 75.6 Å². The van der Waals surface area contributed by atoms with Gasteiger partial charge in [-0.1, -0.05) is 39.0 Å². The van der Waals surface area contributed by atoms with Crippen molar-refractivity contribution >= 4 is 40.4 Å². The molecule has 10 nitrogen and oxygen atoms in total. The summed E-state index contributed by atoms with van der Waals surface area (Å²) in [5.41, 5.74) is 3.68. The molecule has 3 saturated heterocycles. The van der Waals surface area contributed by atoms with Gasteiger partial charge in [0, 0.05) is 70.1 Å². The number of fused-ring (bicyclic) bond motifs is 1. The van der Waals surface area contributed by atoms with E-state index in [0.717, 1.165) is 31.4 Å². The van der Waals surface area contributed by atoms with Crippen LogP contribution in [0, 0.1) is 5.41 Å². The third-order valence-electron chi connectivity index (χ3n) is 9.71. The lowest BCUT2D eigenvalue weighted by Gasteiger charge is -2.33. The Morgan fingerprint density at radius 2 is 1.82 bits per heavy atom. The van der Waals surface area contributed by atoms with Gasteiger partial charge in [0.1, 0.15) is 5.37 Å². The highest BCUT2D eigenvalue weighted by Crippen LogP contribution is 2.48. The Morgan fingerprint density at radius 3 is 2.53 bits per heavy atom. The zero-order chi connectivity index (χ0) is 31.9. The van der Waals surface area contributed by atoms with Crippen LogP contribution in [0.1, 0.15) is 71.3 Å². The number of imidazole rings is 1. The molecule has 2 aromatic heterocycles. The largest absolute Gasteiger partial charge is 0.370 e. The summed E-state index contributed by atoms with van der Waals surface area (Å²) in [6.45, 7) is 10.4. The van der Waals surface area contributed by atoms with Crippen LogP contribution in [0.3, 0.4) is 0 Å². The Bertz CT molecular complexity index is 1590. The van der Waals surface area contributed by atoms with E-state index < -0.39 is 5.25 Å². The highest BCUT2D eigenvalue weighted by molar-refractivity contribution is 8.01. The fraction of sp³-hybridized carbons (Fsp3) is 0.588. The number of amides is 2. The van der Waals surface area contributed by atoms with E-state index >= 15 is 0 Å². The number of para-hydroxylation sites is 1. The zero-order valence-electron chi connectivity index (χ0n) is 27.2. The molecule has 5 heterocycles. The van der Waals surface area contributed by atoms with Gasteiger partial charge in [-0.15, -0.1) is 11.8 Å². The van der Waals surface area contributed by atoms with Gasteiger partial charge in [-0.05, 0) is 63.4 Å². The number of likely N-dealkylation sites (tertiary alicyclic amines) is 1. The van der Waals surface area contributed by atoms with E-state index in [9.17, 15) is 14.4 Å². The number of carbonyl (C=O) groups excluding carboxylic acids is 2. The van der Waals surface area contributed by atoms with Gasteiger partial charge in [-0.3, -0.25) is 19.1 Å². The number of aromatic amines is 1. The molecule has 0 radical (unpaired) electrons. The number of aromatic nitrogens is 3. The molecule has 3 fully saturated rings. The summed E-state index contributed by atoms with van der Waals surface area (Å²) in [4.78, 5) is 56.2. The second-order valence-corrected chi connectivity index (χ2v) is 15.5. The van der Waals surface area contributed by atoms with Crippen molar-refractivity contribution < 1.29 is 11.0 Å². The Balaban J connectivity index is 0.00000417. The summed E-state index contributed by atoms with van der Waals surface area (Å²) < 4.78 is 1.79. The number of nitrogens with one attached hydrogen (secondary N) is 1. The first-order valence-electron chi connectivity index (χ1n) is 16.3. The zero-order valence-corrected chi connectivity index (χ0v) is 28.1. The summed E-state index contributed by atoms with van der Waals surface area (Å²) in [7, 11) is 4.28. The third kappa shape index (κ3) is 6.65. The molecule has 45 heavy (non-hydrogen) atoms. The molecule has 1 N–H and O–H groups in total. The average Bonchev–Trinajstić information content (AvgIpc) is 3.71. The van der Waals surface area contributed by atoms with E-state index in [1.807, 2.05) is 21.9 Å². The molecular formula is C34H49N7O3S. The molecule has 2 unspecified atom stereocenters. The molecule has 3 atom stereocenters. The third-order valence-corrected chi connectivity index (χ3v) is 11.2. The van der Waals surface area contributed by atoms with Crippen LogP contribution in [0.25, 0.3) is 11.2 Å². The normalized spacial score (nSPS) is 23.2. The Morgan fingerprint density at radius 1 is 1.07 bits per heavy atom. The predicted octanol–water partition coefficient (Wildman–Crippen LogP) is 4.74. The number of likely N-dealkylation sites (N-methyl/N-ethyl adjacent to an activating group) is 1. The lowest BCUT2D eigenvalue weighted by Crippen LogP contribution is -2.42. The van der Waals surface area contributed by atoms with Crippen molar-refractivity contribution in [1.29, 1.82) is 0 Å². The second kappa shape index (κ2) is 12.8. The van der Waals surface area contributed by atoms with Gasteiger partial charge in [-0.25, -0.2) is 9.78 Å². The summed E-state index contributed by atoms with van der Waals surface area (Å²) >= 11 is 1.64. The van der Waals surface area contributed by atoms with Gasteiger partial charge in [0.25, 0.3) is 0 Å². The first kappa shape index (κ1) is 31.7. The molecule has 1 aromatic carbocycles. The number of nitrogens with zero attached hydrogens (tertiary/aromatic N) is 6. The molecule has 0 aliphatic carbocycles. The first-order valence-corrected chi connectivity index (χ1v) is 17.2. The van der Waals surface area contributed by atoms with Crippen LogP contribution < -0.4 is 10.6 Å². The average molecular weight is 636 g/mol. The number of benzene rings is 1. The van der Waals surface area contributed by atoms with Crippen molar-refractivity contribution in [1.82, 2.24) is 29.2 Å². The van der Waals surface area contributed by atoms with Crippen LogP contribution in [-0.2, 0) is 9.59 Å². The molecule has 11 heteroatoms. The second-order valence-electron chi connectivity index (χ2n) is 14.2. The van der Waals surface area contributed by atoms with E-state index in [-0.39, 0.29) is 42.2 Å². The quantitative estimate of drug-likeness (QED) is 0.382. The minimum atomic E-state index is -0.413. The lowest BCUT2D eigenvalue weighted by molar-refractivity contribution is -0.136. The molecule has 6 rings (SSSR count). The van der Waals surface area contributed by atoms with Gasteiger partial charge in [-0.2, -0.15) is 0 Å². The molecule has 0 spiro atoms. The number of H-pyrrole nitrogens is 1. The van der Waals surface area contributed by atoms with E-state index in [4.69, 9.17) is 0 Å². The van der Waals surface area contributed by atoms with Gasteiger partial charge < -0.3 is 19.6 Å². The Labute approximate surface area is 271 Å². The summed E-state index contributed by atoms with van der Waals surface area (Å²) in [6, 6.07) is 12.8. The van der Waals surface area contributed by atoms with E-state index in [2.05, 4.69) is 78.9 Å². The van der Waals surface area contributed by atoms with Crippen LogP contribution in [0.2, 0.25) is 0 Å². The molecule has 3 aromatic rings. The molecule has 2 amide bonds. The number of hydrogen-bond donors (Lipinski definition) is 1. The fourth-order valence-electron chi connectivity index (χ4n) is 7.00. The highest BCUT2D eigenvalue weighted by atomic mass is 32.2. The van der Waals surface area contributed by atoms with E-state index in [1.165, 1.54) is 11.3 Å². The Hall–Kier alpha value is -3.31. The van der Waals surface area contributed by atoms with Crippen LogP contribution in [0.5, 0.6) is 0 Å². The van der Waals surface area contributed by atoms with E-state index in [1.54, 1.807) is 22.5 Å². The fourth-order valence-corrected chi connectivity index (χ4v) is 8.50. The Kier molecular flexibility index (Phi) is 9.03. The van der Waals surface area contributed by atoms with Gasteiger partial charge >= 0.3 is 5.69 Å². The number of piperidine rings is 1. The minimum absolute atomic E-state index is 0. The number of carbonyl (C=O) groups is 2. The number of rotatable bonds is 8. The van der Waals surface area contributed by atoms with Crippen molar-refractivity contribution in [3.8, 4) is 0 Å². The smallest absolute Gasteiger partial charge is 0.327 e. The highest BCUT2D eigenvalue weighted by Gasteiger charge is 2.44. The predicted molar refractivity (Wildman–Crippen MR) is 183 cm³/mol. The summed E-state index contributed by atoms with van der Waals surface area (Å²) in [5.74, 6) is 0.0861. The van der Waals surface area contributed by atoms with Gasteiger partial charge in [0.15, 0.2) is 5.65 Å². The number of thioether (sulfide) groups is 1. The van der Waals surface area contributed by atoms with Gasteiger partial charge in [0.2, 0.25) is 11.8 Å². The standard InChI is InChI=1S/C34H47N7O3S.H2/c1-34(2,3)15-20-40-31(43)28(45-32(40)25-9-6-7-10-26(25)39-19-14-24(22-39)37(4)5)21-29(42)38-17-12-23(13-18-38)41-27-11-8-16-35-30(27)36-33(41)44;/h6-11,16,23-24,28,32H,12-15,17-22H2,1-5H3,(H,35,36,44);1H/t24-,28?,32?;/m1./s1. The van der Waals surface area contributed by atoms with Crippen LogP contribution in [0.4, 0.5) is 5.69 Å². The maximum atomic E-state index is 14.0. The van der Waals surface area contributed by atoms with Crippen molar-refractivity contribution in [3.63, 3.8) is 0 Å². The maximum absolute atomic E-state index is 14.0. The molecule has 244 valence electrons. The monoisotopic (exact) mass is 635 g/mol. The molecular weight excluding hydrogens is 586 g/mol. The summed E-state index contributed by atoms with van der Waals surface area (Å²) in [6.07, 6.45) is 5.26. The number of pyridine rings is 1. The van der Waals surface area contributed by atoms with Crippen molar-refractivity contribution in [3.05, 3.63) is 58.6 Å². The number of hydrogen-bond acceptors (Lipinski definition) is 7. The number of anilines is 1. The van der Waals surface area contributed by atoms with Gasteiger partial charge in [0.05, 0.1) is 10.8 Å². The molecule has 0 bridgehead atoms. The molecule has 3 aliphatic rings. The van der Waals surface area contributed by atoms with Crippen molar-refractivity contribution in [2.24, 2.45) is 5.41 Å². The van der Waals surface area contributed by atoms with E-state index in [0.29, 0.717) is 44.2 Å². The SMILES string of the molecule is CN(C)[C@@H]1CCN(c2ccccc2C2SC(CC(=O)N3CCC(n4c(=O)[nH]c5ncccc54)CC3)C(=O)N2CCC(C)(C)C)C1.[HH]. The molecule has 0 saturated carbocycles. The maximum Gasteiger partial charge on any atom is 0.327 e. The lowest BCUT2D eigenvalue weighted by atomic mass is 9.92. The summed E-state index contributed by atoms with van der Waals surface area (Å²) in [5, 5.41) is -0.538. The van der Waals surface area contributed by atoms with Crippen LogP contribution in [-0.4, -0.2) is 99.2 Å². The van der Waals surface area contributed by atoms with Crippen LogP contribution in [0.15, 0.2) is 47.4 Å². The topological polar surface area (TPSA) is 97.8 Å². The molecule has 3 aliphatic heterocycles. The first-order chi connectivity index (χ1) is 21.5.